The highest BCUT2D eigenvalue weighted by Crippen LogP contribution is 2.25. The van der Waals surface area contributed by atoms with Gasteiger partial charge in [0.1, 0.15) is 17.3 Å². The summed E-state index contributed by atoms with van der Waals surface area (Å²) in [4.78, 5) is 11.8. The Kier molecular flexibility index (Phi) is 7.51. The summed E-state index contributed by atoms with van der Waals surface area (Å²) in [5.74, 6) is -2.08. The van der Waals surface area contributed by atoms with E-state index >= 15 is 0 Å². The van der Waals surface area contributed by atoms with Crippen LogP contribution in [0.25, 0.3) is 12.2 Å². The second-order valence-electron chi connectivity index (χ2n) is 5.88. The van der Waals surface area contributed by atoms with Crippen LogP contribution in [0.3, 0.4) is 0 Å². The minimum absolute atomic E-state index is 0.250. The van der Waals surface area contributed by atoms with Crippen LogP contribution in [0.4, 0.5) is 26.3 Å². The molecule has 0 saturated heterocycles. The number of rotatable bonds is 7. The summed E-state index contributed by atoms with van der Waals surface area (Å²) in [6.07, 6.45) is -4.32. The third-order valence-corrected chi connectivity index (χ3v) is 3.36. The summed E-state index contributed by atoms with van der Waals surface area (Å²) in [6.45, 7) is 0. The number of aliphatic hydroxyl groups excluding tert-OH is 1. The van der Waals surface area contributed by atoms with E-state index in [4.69, 9.17) is 0 Å². The molecule has 2 aromatic rings. The third kappa shape index (κ3) is 9.57. The van der Waals surface area contributed by atoms with Crippen molar-refractivity contribution in [3.8, 4) is 11.5 Å². The van der Waals surface area contributed by atoms with E-state index in [1.807, 2.05) is 0 Å². The van der Waals surface area contributed by atoms with E-state index in [-0.39, 0.29) is 11.1 Å². The van der Waals surface area contributed by atoms with E-state index in [0.29, 0.717) is 0 Å². The van der Waals surface area contributed by atoms with E-state index in [1.54, 1.807) is 0 Å². The number of benzene rings is 2. The number of ketones is 1. The molecular formula is C21H14F6O4. The van der Waals surface area contributed by atoms with Gasteiger partial charge < -0.3 is 14.6 Å². The first-order valence-electron chi connectivity index (χ1n) is 8.42. The predicted molar refractivity (Wildman–Crippen MR) is 100 cm³/mol. The Morgan fingerprint density at radius 2 is 1.23 bits per heavy atom. The number of hydrogen-bond donors (Lipinski definition) is 1. The average Bonchev–Trinajstić information content (AvgIpc) is 2.63. The summed E-state index contributed by atoms with van der Waals surface area (Å²) in [5.41, 5.74) is 0.520. The zero-order valence-corrected chi connectivity index (χ0v) is 15.4. The van der Waals surface area contributed by atoms with Gasteiger partial charge >= 0.3 is 12.7 Å². The van der Waals surface area contributed by atoms with E-state index < -0.39 is 35.8 Å². The van der Waals surface area contributed by atoms with Crippen LogP contribution in [0.15, 0.2) is 72.5 Å². The second kappa shape index (κ2) is 9.88. The zero-order valence-electron chi connectivity index (χ0n) is 15.4. The van der Waals surface area contributed by atoms with Crippen LogP contribution in [0, 0.1) is 0 Å². The second-order valence-corrected chi connectivity index (χ2v) is 5.88. The van der Waals surface area contributed by atoms with Crippen LogP contribution in [0.5, 0.6) is 11.5 Å². The van der Waals surface area contributed by atoms with Gasteiger partial charge in [0.15, 0.2) is 5.78 Å². The van der Waals surface area contributed by atoms with E-state index in [1.165, 1.54) is 36.4 Å². The first-order chi connectivity index (χ1) is 14.4. The van der Waals surface area contributed by atoms with E-state index in [2.05, 4.69) is 9.47 Å². The van der Waals surface area contributed by atoms with Crippen molar-refractivity contribution in [3.63, 3.8) is 0 Å². The van der Waals surface area contributed by atoms with Crippen molar-refractivity contribution in [3.05, 3.63) is 83.6 Å². The van der Waals surface area contributed by atoms with Crippen LogP contribution in [0.1, 0.15) is 11.1 Å². The Morgan fingerprint density at radius 3 is 1.68 bits per heavy atom. The molecule has 0 aromatic heterocycles. The van der Waals surface area contributed by atoms with Crippen molar-refractivity contribution in [1.29, 1.82) is 0 Å². The lowest BCUT2D eigenvalue weighted by atomic mass is 10.1. The molecule has 2 aromatic carbocycles. The van der Waals surface area contributed by atoms with Crippen LogP contribution in [0.2, 0.25) is 0 Å². The lowest BCUT2D eigenvalue weighted by Crippen LogP contribution is -2.17. The maximum Gasteiger partial charge on any atom is 0.573 e. The highest BCUT2D eigenvalue weighted by Gasteiger charge is 2.31. The average molecular weight is 444 g/mol. The largest absolute Gasteiger partial charge is 0.573 e. The molecule has 1 N–H and O–H groups in total. The molecule has 2 rings (SSSR count). The van der Waals surface area contributed by atoms with Crippen molar-refractivity contribution in [2.24, 2.45) is 0 Å². The van der Waals surface area contributed by atoms with Crippen LogP contribution in [-0.2, 0) is 4.79 Å². The molecule has 0 radical (unpaired) electrons. The van der Waals surface area contributed by atoms with Gasteiger partial charge in [-0.15, -0.1) is 26.3 Å². The number of ether oxygens (including phenoxy) is 2. The lowest BCUT2D eigenvalue weighted by Gasteiger charge is -2.08. The maximum atomic E-state index is 12.2. The predicted octanol–water partition coefficient (Wildman–Crippen LogP) is 6.22. The quantitative estimate of drug-likeness (QED) is 0.238. The summed E-state index contributed by atoms with van der Waals surface area (Å²) < 4.78 is 80.9. The van der Waals surface area contributed by atoms with Crippen LogP contribution >= 0.6 is 0 Å². The molecule has 0 amide bonds. The van der Waals surface area contributed by atoms with E-state index in [0.717, 1.165) is 42.5 Å². The molecule has 0 aliphatic rings. The summed E-state index contributed by atoms with van der Waals surface area (Å²) in [5, 5.41) is 9.77. The van der Waals surface area contributed by atoms with Crippen LogP contribution < -0.4 is 9.47 Å². The molecule has 4 nitrogen and oxygen atoms in total. The molecule has 31 heavy (non-hydrogen) atoms. The Hall–Kier alpha value is -3.69. The molecule has 0 fully saturated rings. The van der Waals surface area contributed by atoms with Gasteiger partial charge in [0.2, 0.25) is 0 Å². The third-order valence-electron chi connectivity index (χ3n) is 3.36. The van der Waals surface area contributed by atoms with Gasteiger partial charge in [0.25, 0.3) is 0 Å². The number of allylic oxidation sites excluding steroid dienone is 3. The number of alkyl halides is 6. The Balaban J connectivity index is 2.02. The first kappa shape index (κ1) is 23.6. The molecular weight excluding hydrogens is 430 g/mol. The SMILES string of the molecule is O=C(C=C(O)/C=C/c1cccc(OC(F)(F)F)c1)/C=C/c1cccc(OC(F)(F)F)c1. The Bertz CT molecular complexity index is 1000. The smallest absolute Gasteiger partial charge is 0.508 e. The van der Waals surface area contributed by atoms with Crippen LogP contribution in [-0.4, -0.2) is 23.6 Å². The molecule has 10 heteroatoms. The molecule has 0 aliphatic heterocycles. The Morgan fingerprint density at radius 1 is 0.774 bits per heavy atom. The molecule has 164 valence electrons. The fraction of sp³-hybridized carbons (Fsp3) is 0.0952. The topological polar surface area (TPSA) is 55.8 Å². The van der Waals surface area contributed by atoms with Gasteiger partial charge in [-0.2, -0.15) is 0 Å². The molecule has 0 bridgehead atoms. The summed E-state index contributed by atoms with van der Waals surface area (Å²) in [6, 6.07) is 9.84. The standard InChI is InChI=1S/C21H14F6O4/c22-20(23,24)30-18-5-1-3-14(11-18)7-9-16(28)13-17(29)10-8-15-4-2-6-19(12-15)31-21(25,26)27/h1-13,28H/b9-7+,10-8+,16-13?. The van der Waals surface area contributed by atoms with Crippen molar-refractivity contribution >= 4 is 17.9 Å². The number of carbonyl (C=O) groups excluding carboxylic acids is 1. The molecule has 0 atom stereocenters. The zero-order chi connectivity index (χ0) is 23.1. The van der Waals surface area contributed by atoms with Crippen molar-refractivity contribution in [2.45, 2.75) is 12.7 Å². The van der Waals surface area contributed by atoms with Crippen molar-refractivity contribution in [2.75, 3.05) is 0 Å². The van der Waals surface area contributed by atoms with E-state index in [9.17, 15) is 36.2 Å². The maximum absolute atomic E-state index is 12.2. The minimum Gasteiger partial charge on any atom is -0.508 e. The molecule has 0 aliphatic carbocycles. The summed E-state index contributed by atoms with van der Waals surface area (Å²) in [7, 11) is 0. The fourth-order valence-corrected chi connectivity index (χ4v) is 2.23. The number of hydrogen-bond acceptors (Lipinski definition) is 4. The normalized spacial score (nSPS) is 13.0. The monoisotopic (exact) mass is 444 g/mol. The number of carbonyl (C=O) groups is 1. The highest BCUT2D eigenvalue weighted by atomic mass is 19.4. The van der Waals surface area contributed by atoms with Gasteiger partial charge in [-0.05, 0) is 47.5 Å². The molecule has 0 spiro atoms. The number of aliphatic hydroxyl groups is 1. The molecule has 0 saturated carbocycles. The van der Waals surface area contributed by atoms with Gasteiger partial charge in [0, 0.05) is 6.08 Å². The fourth-order valence-electron chi connectivity index (χ4n) is 2.23. The highest BCUT2D eigenvalue weighted by molar-refractivity contribution is 6.02. The Labute approximate surface area is 172 Å². The minimum atomic E-state index is -4.85. The summed E-state index contributed by atoms with van der Waals surface area (Å²) >= 11 is 0. The van der Waals surface area contributed by atoms with Gasteiger partial charge in [-0.25, -0.2) is 0 Å². The van der Waals surface area contributed by atoms with Crippen molar-refractivity contribution < 1.29 is 45.7 Å². The lowest BCUT2D eigenvalue weighted by molar-refractivity contribution is -0.275. The van der Waals surface area contributed by atoms with Gasteiger partial charge in [-0.1, -0.05) is 36.4 Å². The first-order valence-corrected chi connectivity index (χ1v) is 8.42. The molecule has 0 heterocycles. The van der Waals surface area contributed by atoms with Gasteiger partial charge in [0.05, 0.1) is 0 Å². The number of halogens is 6. The van der Waals surface area contributed by atoms with Gasteiger partial charge in [-0.3, -0.25) is 4.79 Å². The van der Waals surface area contributed by atoms with Crippen molar-refractivity contribution in [1.82, 2.24) is 0 Å². The molecule has 0 unspecified atom stereocenters.